The predicted octanol–water partition coefficient (Wildman–Crippen LogP) is 5.28. The van der Waals surface area contributed by atoms with Gasteiger partial charge in [0.25, 0.3) is 0 Å². The molecule has 3 aromatic rings. The number of hydrogen-bond donors (Lipinski definition) is 1. The fourth-order valence-electron chi connectivity index (χ4n) is 2.29. The van der Waals surface area contributed by atoms with Crippen LogP contribution in [-0.2, 0) is 0 Å². The molecule has 1 N–H and O–H groups in total. The second-order valence-corrected chi connectivity index (χ2v) is 6.04. The number of halogens is 1. The van der Waals surface area contributed by atoms with Crippen LogP contribution in [0.5, 0.6) is 0 Å². The highest BCUT2D eigenvalue weighted by Gasteiger charge is 2.17. The van der Waals surface area contributed by atoms with Gasteiger partial charge in [-0.2, -0.15) is 0 Å². The minimum absolute atomic E-state index is 0.480. The van der Waals surface area contributed by atoms with Crippen LogP contribution >= 0.6 is 22.9 Å². The Hall–Kier alpha value is -1.35. The molecule has 0 radical (unpaired) electrons. The predicted molar refractivity (Wildman–Crippen MR) is 82.9 cm³/mol. The van der Waals surface area contributed by atoms with Crippen molar-refractivity contribution in [3.63, 3.8) is 0 Å². The van der Waals surface area contributed by atoms with Crippen molar-refractivity contribution in [2.24, 2.45) is 0 Å². The molecule has 0 saturated carbocycles. The van der Waals surface area contributed by atoms with Crippen LogP contribution in [0.3, 0.4) is 0 Å². The first kappa shape index (κ1) is 12.7. The molecule has 1 atom stereocenters. The van der Waals surface area contributed by atoms with E-state index in [2.05, 4.69) is 12.1 Å². The lowest BCUT2D eigenvalue weighted by Gasteiger charge is -2.07. The van der Waals surface area contributed by atoms with E-state index in [0.29, 0.717) is 0 Å². The molecule has 0 fully saturated rings. The third-order valence-electron chi connectivity index (χ3n) is 3.12. The van der Waals surface area contributed by atoms with E-state index in [1.54, 1.807) is 18.3 Å². The molecule has 19 heavy (non-hydrogen) atoms. The molecule has 96 valence electrons. The average molecular weight is 289 g/mol. The Bertz CT molecular complexity index is 716. The van der Waals surface area contributed by atoms with Gasteiger partial charge in [0.1, 0.15) is 0 Å². The molecular formula is C16H13ClOS. The summed E-state index contributed by atoms with van der Waals surface area (Å²) in [5, 5.41) is 11.8. The molecule has 1 nitrogen and oxygen atoms in total. The van der Waals surface area contributed by atoms with Crippen LogP contribution in [0.4, 0.5) is 0 Å². The lowest BCUT2D eigenvalue weighted by molar-refractivity contribution is 0.204. The van der Waals surface area contributed by atoms with E-state index in [-0.39, 0.29) is 0 Å². The van der Waals surface area contributed by atoms with E-state index in [0.717, 1.165) is 31.1 Å². The van der Waals surface area contributed by atoms with Gasteiger partial charge in [-0.1, -0.05) is 41.9 Å². The third kappa shape index (κ3) is 2.27. The van der Waals surface area contributed by atoms with Crippen molar-refractivity contribution in [3.05, 3.63) is 58.4 Å². The molecule has 1 unspecified atom stereocenters. The zero-order valence-electron chi connectivity index (χ0n) is 10.4. The van der Waals surface area contributed by atoms with Crippen molar-refractivity contribution < 1.29 is 5.11 Å². The van der Waals surface area contributed by atoms with Crippen LogP contribution < -0.4 is 0 Å². The first-order chi connectivity index (χ1) is 9.16. The summed E-state index contributed by atoms with van der Waals surface area (Å²) in [6.45, 7) is 1.80. The maximum atomic E-state index is 10.0. The number of rotatable bonds is 2. The molecule has 0 spiro atoms. The Balaban J connectivity index is 2.36. The van der Waals surface area contributed by atoms with E-state index >= 15 is 0 Å². The topological polar surface area (TPSA) is 20.2 Å². The van der Waals surface area contributed by atoms with Gasteiger partial charge in [0.05, 0.1) is 6.10 Å². The smallest absolute Gasteiger partial charge is 0.0860 e. The van der Waals surface area contributed by atoms with E-state index in [4.69, 9.17) is 11.6 Å². The van der Waals surface area contributed by atoms with Gasteiger partial charge in [-0.05, 0) is 30.7 Å². The van der Waals surface area contributed by atoms with E-state index in [1.165, 1.54) is 0 Å². The summed E-state index contributed by atoms with van der Waals surface area (Å²) in [6, 6.07) is 16.0. The van der Waals surface area contributed by atoms with Crippen molar-refractivity contribution >= 4 is 33.0 Å². The number of hydrogen-bond acceptors (Lipinski definition) is 2. The van der Waals surface area contributed by atoms with Crippen LogP contribution in [-0.4, -0.2) is 5.11 Å². The molecule has 0 aliphatic carbocycles. The number of benzene rings is 2. The van der Waals surface area contributed by atoms with Gasteiger partial charge in [0.15, 0.2) is 0 Å². The number of fused-ring (bicyclic) bond motifs is 1. The molecule has 0 saturated heterocycles. The summed E-state index contributed by atoms with van der Waals surface area (Å²) < 4.78 is 1.15. The molecular weight excluding hydrogens is 276 g/mol. The summed E-state index contributed by atoms with van der Waals surface area (Å²) in [6.07, 6.45) is -0.480. The lowest BCUT2D eigenvalue weighted by atomic mass is 10.0. The third-order valence-corrected chi connectivity index (χ3v) is 4.70. The second kappa shape index (κ2) is 4.97. The molecule has 0 aliphatic heterocycles. The summed E-state index contributed by atoms with van der Waals surface area (Å²) in [5.41, 5.74) is 2.21. The average Bonchev–Trinajstić information content (AvgIpc) is 2.78. The molecule has 1 aromatic heterocycles. The van der Waals surface area contributed by atoms with Gasteiger partial charge in [0, 0.05) is 25.5 Å². The number of thiophene rings is 1. The molecule has 0 amide bonds. The molecule has 0 bridgehead atoms. The fourth-order valence-corrected chi connectivity index (χ4v) is 3.60. The Morgan fingerprint density at radius 1 is 1.11 bits per heavy atom. The number of aliphatic hydroxyl groups is 1. The minimum Gasteiger partial charge on any atom is -0.388 e. The lowest BCUT2D eigenvalue weighted by Crippen LogP contribution is -1.89. The Morgan fingerprint density at radius 3 is 2.53 bits per heavy atom. The van der Waals surface area contributed by atoms with Gasteiger partial charge in [-0.15, -0.1) is 11.3 Å². The Kier molecular flexibility index (Phi) is 3.31. The zero-order valence-corrected chi connectivity index (χ0v) is 12.0. The highest BCUT2D eigenvalue weighted by atomic mass is 35.5. The molecule has 1 heterocycles. The van der Waals surface area contributed by atoms with Crippen molar-refractivity contribution in [2.45, 2.75) is 13.0 Å². The van der Waals surface area contributed by atoms with Crippen molar-refractivity contribution in [3.8, 4) is 11.1 Å². The fraction of sp³-hybridized carbons (Fsp3) is 0.125. The monoisotopic (exact) mass is 288 g/mol. The largest absolute Gasteiger partial charge is 0.388 e. The molecule has 0 aliphatic rings. The Morgan fingerprint density at radius 2 is 1.84 bits per heavy atom. The van der Waals surface area contributed by atoms with E-state index < -0.39 is 6.10 Å². The van der Waals surface area contributed by atoms with Crippen molar-refractivity contribution in [1.82, 2.24) is 0 Å². The molecule has 2 aromatic carbocycles. The molecule has 3 rings (SSSR count). The highest BCUT2D eigenvalue weighted by molar-refractivity contribution is 7.19. The van der Waals surface area contributed by atoms with E-state index in [9.17, 15) is 5.11 Å². The van der Waals surface area contributed by atoms with Crippen LogP contribution in [0.2, 0.25) is 5.02 Å². The second-order valence-electron chi connectivity index (χ2n) is 4.52. The molecule has 3 heteroatoms. The first-order valence-electron chi connectivity index (χ1n) is 6.12. The Labute approximate surface area is 121 Å². The van der Waals surface area contributed by atoms with Gasteiger partial charge >= 0.3 is 0 Å². The van der Waals surface area contributed by atoms with Crippen molar-refractivity contribution in [2.75, 3.05) is 0 Å². The van der Waals surface area contributed by atoms with Crippen LogP contribution in [0.1, 0.15) is 17.9 Å². The summed E-state index contributed by atoms with van der Waals surface area (Å²) in [5.74, 6) is 0. The summed E-state index contributed by atoms with van der Waals surface area (Å²) >= 11 is 7.74. The van der Waals surface area contributed by atoms with Crippen LogP contribution in [0.15, 0.2) is 48.5 Å². The van der Waals surface area contributed by atoms with Gasteiger partial charge in [-0.25, -0.2) is 0 Å². The van der Waals surface area contributed by atoms with Gasteiger partial charge < -0.3 is 5.11 Å². The SMILES string of the molecule is CC(O)c1sc2ccc(Cl)cc2c1-c1ccccc1. The normalized spacial score (nSPS) is 12.8. The van der Waals surface area contributed by atoms with Crippen molar-refractivity contribution in [1.29, 1.82) is 0 Å². The van der Waals surface area contributed by atoms with Crippen LogP contribution in [0, 0.1) is 0 Å². The highest BCUT2D eigenvalue weighted by Crippen LogP contribution is 2.42. The zero-order chi connectivity index (χ0) is 13.4. The first-order valence-corrected chi connectivity index (χ1v) is 7.31. The van der Waals surface area contributed by atoms with Crippen LogP contribution in [0.25, 0.3) is 21.2 Å². The number of aliphatic hydroxyl groups excluding tert-OH is 1. The maximum absolute atomic E-state index is 10.0. The van der Waals surface area contributed by atoms with Gasteiger partial charge in [-0.3, -0.25) is 0 Å². The minimum atomic E-state index is -0.480. The standard InChI is InChI=1S/C16H13ClOS/c1-10(18)16-15(11-5-3-2-4-6-11)13-9-12(17)7-8-14(13)19-16/h2-10,18H,1H3. The summed E-state index contributed by atoms with van der Waals surface area (Å²) in [7, 11) is 0. The maximum Gasteiger partial charge on any atom is 0.0860 e. The van der Waals surface area contributed by atoms with Gasteiger partial charge in [0.2, 0.25) is 0 Å². The van der Waals surface area contributed by atoms with E-state index in [1.807, 2.05) is 36.4 Å². The summed E-state index contributed by atoms with van der Waals surface area (Å²) in [4.78, 5) is 0.989. The quantitative estimate of drug-likeness (QED) is 0.680.